The van der Waals surface area contributed by atoms with Gasteiger partial charge in [0, 0.05) is 13.1 Å². The first-order valence-corrected chi connectivity index (χ1v) is 7.31. The fourth-order valence-corrected chi connectivity index (χ4v) is 3.14. The molecule has 0 radical (unpaired) electrons. The van der Waals surface area contributed by atoms with Crippen LogP contribution in [0.3, 0.4) is 0 Å². The van der Waals surface area contributed by atoms with Crippen molar-refractivity contribution in [2.75, 3.05) is 26.2 Å². The average Bonchev–Trinajstić information content (AvgIpc) is 2.89. The fourth-order valence-electron chi connectivity index (χ4n) is 3.14. The lowest BCUT2D eigenvalue weighted by atomic mass is 9.90. The van der Waals surface area contributed by atoms with Gasteiger partial charge in [0.1, 0.15) is 0 Å². The van der Waals surface area contributed by atoms with E-state index < -0.39 is 6.10 Å². The summed E-state index contributed by atoms with van der Waals surface area (Å²) in [5, 5.41) is 0. The van der Waals surface area contributed by atoms with Crippen molar-refractivity contribution in [3.05, 3.63) is 35.4 Å². The quantitative estimate of drug-likeness (QED) is 0.889. The van der Waals surface area contributed by atoms with Gasteiger partial charge in [0.25, 0.3) is 5.91 Å². The van der Waals surface area contributed by atoms with Crippen LogP contribution in [0.2, 0.25) is 0 Å². The van der Waals surface area contributed by atoms with Gasteiger partial charge in [-0.25, -0.2) is 0 Å². The first kappa shape index (κ1) is 13.6. The van der Waals surface area contributed by atoms with Crippen LogP contribution in [0, 0.1) is 5.41 Å². The largest absolute Gasteiger partial charge is 0.363 e. The highest BCUT2D eigenvalue weighted by Crippen LogP contribution is 2.33. The second-order valence-electron chi connectivity index (χ2n) is 6.22. The van der Waals surface area contributed by atoms with Crippen LogP contribution in [0.1, 0.15) is 30.6 Å². The highest BCUT2D eigenvalue weighted by molar-refractivity contribution is 5.83. The lowest BCUT2D eigenvalue weighted by molar-refractivity contribution is -0.144. The van der Waals surface area contributed by atoms with Gasteiger partial charge in [-0.1, -0.05) is 31.2 Å². The van der Waals surface area contributed by atoms with Crippen LogP contribution in [0.25, 0.3) is 0 Å². The van der Waals surface area contributed by atoms with Crippen LogP contribution in [-0.2, 0) is 16.0 Å². The molecule has 2 unspecified atom stereocenters. The van der Waals surface area contributed by atoms with Gasteiger partial charge in [0.2, 0.25) is 0 Å². The molecule has 2 aliphatic rings. The van der Waals surface area contributed by atoms with Gasteiger partial charge < -0.3 is 15.4 Å². The molecular weight excluding hydrogens is 252 g/mol. The zero-order valence-corrected chi connectivity index (χ0v) is 12.0. The molecule has 2 heterocycles. The van der Waals surface area contributed by atoms with Crippen LogP contribution in [0.5, 0.6) is 0 Å². The summed E-state index contributed by atoms with van der Waals surface area (Å²) in [7, 11) is 0. The lowest BCUT2D eigenvalue weighted by Gasteiger charge is -2.29. The molecule has 0 aromatic heterocycles. The number of likely N-dealkylation sites (tertiary alicyclic amines) is 1. The van der Waals surface area contributed by atoms with Crippen molar-refractivity contribution in [3.8, 4) is 0 Å². The Morgan fingerprint density at radius 2 is 2.30 bits per heavy atom. The summed E-state index contributed by atoms with van der Waals surface area (Å²) in [6, 6.07) is 8.09. The molecule has 0 aliphatic carbocycles. The molecule has 2 aliphatic heterocycles. The minimum absolute atomic E-state index is 0.0594. The third-order valence-corrected chi connectivity index (χ3v) is 4.58. The number of hydrogen-bond donors (Lipinski definition) is 1. The van der Waals surface area contributed by atoms with Crippen molar-refractivity contribution in [2.45, 2.75) is 25.9 Å². The van der Waals surface area contributed by atoms with Gasteiger partial charge in [-0.15, -0.1) is 0 Å². The number of hydrogen-bond acceptors (Lipinski definition) is 3. The molecule has 0 saturated carbocycles. The summed E-state index contributed by atoms with van der Waals surface area (Å²) >= 11 is 0. The number of benzene rings is 1. The van der Waals surface area contributed by atoms with Crippen LogP contribution >= 0.6 is 0 Å². The van der Waals surface area contributed by atoms with Crippen LogP contribution in [0.4, 0.5) is 0 Å². The molecule has 1 amide bonds. The van der Waals surface area contributed by atoms with Gasteiger partial charge in [-0.05, 0) is 35.9 Å². The normalized spacial score (nSPS) is 29.3. The van der Waals surface area contributed by atoms with E-state index in [0.29, 0.717) is 13.2 Å². The molecule has 4 nitrogen and oxygen atoms in total. The molecule has 1 aromatic rings. The summed E-state index contributed by atoms with van der Waals surface area (Å²) in [4.78, 5) is 14.6. The highest BCUT2D eigenvalue weighted by atomic mass is 16.5. The Bertz CT molecular complexity index is 517. The van der Waals surface area contributed by atoms with Gasteiger partial charge in [-0.2, -0.15) is 0 Å². The monoisotopic (exact) mass is 274 g/mol. The van der Waals surface area contributed by atoms with Crippen LogP contribution in [0.15, 0.2) is 24.3 Å². The van der Waals surface area contributed by atoms with E-state index in [4.69, 9.17) is 10.5 Å². The molecular formula is C16H22N2O2. The van der Waals surface area contributed by atoms with Crippen molar-refractivity contribution in [1.82, 2.24) is 4.90 Å². The number of nitrogens with zero attached hydrogens (tertiary/aromatic N) is 1. The van der Waals surface area contributed by atoms with Crippen molar-refractivity contribution in [3.63, 3.8) is 0 Å². The van der Waals surface area contributed by atoms with Gasteiger partial charge in [-0.3, -0.25) is 4.79 Å². The summed E-state index contributed by atoms with van der Waals surface area (Å²) in [5.74, 6) is 0.0920. The zero-order valence-electron chi connectivity index (χ0n) is 12.0. The Morgan fingerprint density at radius 1 is 1.50 bits per heavy atom. The topological polar surface area (TPSA) is 55.6 Å². The van der Waals surface area contributed by atoms with Crippen LogP contribution < -0.4 is 5.73 Å². The van der Waals surface area contributed by atoms with Crippen molar-refractivity contribution >= 4 is 5.91 Å². The van der Waals surface area contributed by atoms with Crippen molar-refractivity contribution in [1.29, 1.82) is 0 Å². The third-order valence-electron chi connectivity index (χ3n) is 4.58. The number of nitrogens with two attached hydrogens (primary N) is 1. The molecule has 3 rings (SSSR count). The fraction of sp³-hybridized carbons (Fsp3) is 0.562. The Balaban J connectivity index is 1.79. The second-order valence-corrected chi connectivity index (χ2v) is 6.22. The van der Waals surface area contributed by atoms with Gasteiger partial charge in [0.15, 0.2) is 6.10 Å². The number of fused-ring (bicyclic) bond motifs is 1. The van der Waals surface area contributed by atoms with E-state index in [2.05, 4.69) is 13.0 Å². The Labute approximate surface area is 119 Å². The number of carbonyl (C=O) groups is 1. The maximum Gasteiger partial charge on any atom is 0.256 e. The summed E-state index contributed by atoms with van der Waals surface area (Å²) in [6.45, 7) is 4.92. The Morgan fingerprint density at radius 3 is 3.05 bits per heavy atom. The maximum absolute atomic E-state index is 12.7. The molecule has 2 atom stereocenters. The molecule has 108 valence electrons. The molecule has 1 saturated heterocycles. The van der Waals surface area contributed by atoms with Crippen molar-refractivity contribution in [2.24, 2.45) is 11.1 Å². The Hall–Kier alpha value is -1.39. The second kappa shape index (κ2) is 5.19. The predicted octanol–water partition coefficient (Wildman–Crippen LogP) is 1.50. The van der Waals surface area contributed by atoms with E-state index in [1.807, 2.05) is 23.1 Å². The van der Waals surface area contributed by atoms with E-state index in [-0.39, 0.29) is 11.3 Å². The van der Waals surface area contributed by atoms with E-state index in [9.17, 15) is 4.79 Å². The summed E-state index contributed by atoms with van der Waals surface area (Å²) in [5.41, 5.74) is 8.14. The van der Waals surface area contributed by atoms with E-state index >= 15 is 0 Å². The average molecular weight is 274 g/mol. The molecule has 0 spiro atoms. The van der Waals surface area contributed by atoms with Gasteiger partial charge >= 0.3 is 0 Å². The standard InChI is InChI=1S/C16H22N2O2/c1-16(10-17)7-8-18(11-16)15(19)14-13-5-3-2-4-12(13)6-9-20-14/h2-5,14H,6-11,17H2,1H3. The molecule has 4 heteroatoms. The SMILES string of the molecule is CC1(CN)CCN(C(=O)C2OCCc3ccccc32)C1. The molecule has 20 heavy (non-hydrogen) atoms. The van der Waals surface area contributed by atoms with Crippen molar-refractivity contribution < 1.29 is 9.53 Å². The third kappa shape index (κ3) is 2.34. The predicted molar refractivity (Wildman–Crippen MR) is 77.2 cm³/mol. The van der Waals surface area contributed by atoms with E-state index in [1.165, 1.54) is 5.56 Å². The van der Waals surface area contributed by atoms with E-state index in [1.54, 1.807) is 0 Å². The summed E-state index contributed by atoms with van der Waals surface area (Å²) < 4.78 is 5.76. The summed E-state index contributed by atoms with van der Waals surface area (Å²) in [6.07, 6.45) is 1.43. The minimum atomic E-state index is -0.430. The molecule has 2 N–H and O–H groups in total. The lowest BCUT2D eigenvalue weighted by Crippen LogP contribution is -2.39. The first-order valence-electron chi connectivity index (χ1n) is 7.31. The highest BCUT2D eigenvalue weighted by Gasteiger charge is 2.39. The smallest absolute Gasteiger partial charge is 0.256 e. The molecule has 1 fully saturated rings. The first-order chi connectivity index (χ1) is 9.63. The number of ether oxygens (including phenoxy) is 1. The number of rotatable bonds is 2. The van der Waals surface area contributed by atoms with E-state index in [0.717, 1.165) is 31.5 Å². The molecule has 0 bridgehead atoms. The number of amides is 1. The zero-order chi connectivity index (χ0) is 14.2. The van der Waals surface area contributed by atoms with Gasteiger partial charge in [0.05, 0.1) is 6.61 Å². The maximum atomic E-state index is 12.7. The van der Waals surface area contributed by atoms with Crippen LogP contribution in [-0.4, -0.2) is 37.0 Å². The number of carbonyl (C=O) groups excluding carboxylic acids is 1. The minimum Gasteiger partial charge on any atom is -0.363 e. The molecule has 1 aromatic carbocycles. The Kier molecular flexibility index (Phi) is 3.52.